The molecular weight excluding hydrogens is 312 g/mol. The van der Waals surface area contributed by atoms with E-state index in [1.54, 1.807) is 6.08 Å². The monoisotopic (exact) mass is 331 g/mol. The highest BCUT2D eigenvalue weighted by Crippen LogP contribution is 2.31. The minimum Gasteiger partial charge on any atom is -0.393 e. The number of ether oxygens (including phenoxy) is 1. The predicted molar refractivity (Wildman–Crippen MR) is 96.2 cm³/mol. The fraction of sp³-hybridized carbons (Fsp3) is 0.182. The number of hydrogen-bond acceptors (Lipinski definition) is 3. The molecule has 2 atom stereocenters. The van der Waals surface area contributed by atoms with Gasteiger partial charge in [0.25, 0.3) is 0 Å². The zero-order chi connectivity index (χ0) is 17.8. The van der Waals surface area contributed by atoms with Crippen molar-refractivity contribution in [2.24, 2.45) is 11.8 Å². The minimum absolute atomic E-state index is 0.437. The zero-order valence-corrected chi connectivity index (χ0v) is 13.9. The van der Waals surface area contributed by atoms with Gasteiger partial charge in [0, 0.05) is 0 Å². The van der Waals surface area contributed by atoms with Crippen molar-refractivity contribution >= 4 is 18.0 Å². The van der Waals surface area contributed by atoms with Crippen LogP contribution in [0.2, 0.25) is 0 Å². The highest BCUT2D eigenvalue weighted by molar-refractivity contribution is 5.96. The molecule has 3 heteroatoms. The second-order valence-electron chi connectivity index (χ2n) is 6.21. The Labute approximate surface area is 148 Å². The van der Waals surface area contributed by atoms with E-state index >= 15 is 0 Å². The van der Waals surface area contributed by atoms with E-state index in [4.69, 9.17) is 11.7 Å². The Balaban J connectivity index is 1.69. The molecule has 0 aliphatic carbocycles. The van der Waals surface area contributed by atoms with Crippen molar-refractivity contribution < 1.29 is 14.3 Å². The fourth-order valence-corrected chi connectivity index (χ4v) is 3.00. The summed E-state index contributed by atoms with van der Waals surface area (Å²) >= 11 is 0. The van der Waals surface area contributed by atoms with Gasteiger partial charge >= 0.3 is 11.9 Å². The van der Waals surface area contributed by atoms with Crippen LogP contribution in [-0.2, 0) is 20.7 Å². The SMILES string of the molecule is [CH]c1ccc([CH]CC2C(=O)OC(=O)C2Cc2ccc(C=C)cc2)cc1. The Morgan fingerprint density at radius 3 is 2.16 bits per heavy atom. The molecule has 3 radical (unpaired) electrons. The topological polar surface area (TPSA) is 43.4 Å². The maximum atomic E-state index is 12.1. The first-order valence-corrected chi connectivity index (χ1v) is 8.22. The summed E-state index contributed by atoms with van der Waals surface area (Å²) in [4.78, 5) is 24.2. The van der Waals surface area contributed by atoms with Gasteiger partial charge in [-0.1, -0.05) is 61.2 Å². The van der Waals surface area contributed by atoms with Crippen LogP contribution >= 0.6 is 0 Å². The van der Waals surface area contributed by atoms with Crippen molar-refractivity contribution in [2.45, 2.75) is 12.8 Å². The Kier molecular flexibility index (Phi) is 5.13. The van der Waals surface area contributed by atoms with Crippen LogP contribution in [0.15, 0.2) is 55.1 Å². The van der Waals surface area contributed by atoms with Crippen LogP contribution in [0.5, 0.6) is 0 Å². The standard InChI is InChI=1S/C22H19O3/c1-3-16-8-10-18(11-9-16)14-20-19(21(23)25-22(20)24)13-12-17-6-4-15(2)5-7-17/h2-12,19-20H,1,13-14H2. The zero-order valence-electron chi connectivity index (χ0n) is 13.9. The molecule has 2 unspecified atom stereocenters. The molecule has 1 aliphatic rings. The Hall–Kier alpha value is -2.68. The number of hydrogen-bond donors (Lipinski definition) is 0. The fourth-order valence-electron chi connectivity index (χ4n) is 3.00. The van der Waals surface area contributed by atoms with Gasteiger partial charge in [-0.2, -0.15) is 0 Å². The molecule has 0 amide bonds. The van der Waals surface area contributed by atoms with Gasteiger partial charge in [-0.25, -0.2) is 0 Å². The number of rotatable bonds is 6. The first-order valence-electron chi connectivity index (χ1n) is 8.22. The summed E-state index contributed by atoms with van der Waals surface area (Å²) in [7, 11) is 0. The molecule has 125 valence electrons. The lowest BCUT2D eigenvalue weighted by Crippen LogP contribution is -2.20. The summed E-state index contributed by atoms with van der Waals surface area (Å²) in [6.45, 7) is 9.40. The molecule has 1 saturated heterocycles. The third kappa shape index (κ3) is 4.05. The van der Waals surface area contributed by atoms with E-state index in [1.165, 1.54) is 0 Å². The van der Waals surface area contributed by atoms with E-state index in [2.05, 4.69) is 6.58 Å². The Morgan fingerprint density at radius 2 is 1.52 bits per heavy atom. The summed E-state index contributed by atoms with van der Waals surface area (Å²) in [6.07, 6.45) is 4.66. The van der Waals surface area contributed by atoms with E-state index in [0.29, 0.717) is 18.4 Å². The van der Waals surface area contributed by atoms with Crippen molar-refractivity contribution in [1.29, 1.82) is 0 Å². The number of esters is 2. The minimum atomic E-state index is -0.455. The molecular formula is C22H19O3. The largest absolute Gasteiger partial charge is 0.393 e. The van der Waals surface area contributed by atoms with Crippen molar-refractivity contribution in [3.05, 3.63) is 90.7 Å². The lowest BCUT2D eigenvalue weighted by atomic mass is 9.85. The van der Waals surface area contributed by atoms with Crippen molar-refractivity contribution in [3.63, 3.8) is 0 Å². The van der Waals surface area contributed by atoms with Crippen molar-refractivity contribution in [1.82, 2.24) is 0 Å². The van der Waals surface area contributed by atoms with Crippen molar-refractivity contribution in [3.8, 4) is 0 Å². The first kappa shape index (κ1) is 17.2. The van der Waals surface area contributed by atoms with Crippen LogP contribution in [0, 0.1) is 25.2 Å². The molecule has 0 spiro atoms. The highest BCUT2D eigenvalue weighted by atomic mass is 16.6. The number of carbonyl (C=O) groups excluding carboxylic acids is 2. The number of cyclic esters (lactones) is 2. The molecule has 0 saturated carbocycles. The molecule has 1 heterocycles. The Morgan fingerprint density at radius 1 is 0.920 bits per heavy atom. The molecule has 2 aromatic rings. The van der Waals surface area contributed by atoms with E-state index < -0.39 is 23.8 Å². The van der Waals surface area contributed by atoms with Crippen LogP contribution in [0.3, 0.4) is 0 Å². The summed E-state index contributed by atoms with van der Waals surface area (Å²) < 4.78 is 4.88. The molecule has 1 fully saturated rings. The average molecular weight is 331 g/mol. The predicted octanol–water partition coefficient (Wildman–Crippen LogP) is 3.89. The van der Waals surface area contributed by atoms with Crippen LogP contribution in [0.4, 0.5) is 0 Å². The van der Waals surface area contributed by atoms with E-state index in [9.17, 15) is 9.59 Å². The molecule has 0 N–H and O–H groups in total. The van der Waals surface area contributed by atoms with Gasteiger partial charge < -0.3 is 4.74 Å². The van der Waals surface area contributed by atoms with Crippen LogP contribution < -0.4 is 0 Å². The van der Waals surface area contributed by atoms with Gasteiger partial charge in [0.05, 0.1) is 11.8 Å². The van der Waals surface area contributed by atoms with Gasteiger partial charge in [0.1, 0.15) is 0 Å². The van der Waals surface area contributed by atoms with Gasteiger partial charge in [-0.15, -0.1) is 0 Å². The van der Waals surface area contributed by atoms with Gasteiger partial charge in [0.15, 0.2) is 0 Å². The molecule has 0 aromatic heterocycles. The van der Waals surface area contributed by atoms with Gasteiger partial charge in [-0.05, 0) is 48.4 Å². The normalized spacial score (nSPS) is 19.7. The quantitative estimate of drug-likeness (QED) is 0.596. The summed E-state index contributed by atoms with van der Waals surface area (Å²) in [6, 6.07) is 15.2. The molecule has 1 aliphatic heterocycles. The maximum absolute atomic E-state index is 12.1. The molecule has 0 bridgehead atoms. The highest BCUT2D eigenvalue weighted by Gasteiger charge is 2.43. The number of benzene rings is 2. The van der Waals surface area contributed by atoms with Gasteiger partial charge in [0.2, 0.25) is 0 Å². The van der Waals surface area contributed by atoms with Crippen LogP contribution in [0.25, 0.3) is 6.08 Å². The third-order valence-electron chi connectivity index (χ3n) is 4.51. The molecule has 3 nitrogen and oxygen atoms in total. The third-order valence-corrected chi connectivity index (χ3v) is 4.51. The number of carbonyl (C=O) groups is 2. The van der Waals surface area contributed by atoms with Crippen LogP contribution in [-0.4, -0.2) is 11.9 Å². The molecule has 3 rings (SSSR count). The molecule has 2 aromatic carbocycles. The van der Waals surface area contributed by atoms with E-state index in [-0.39, 0.29) is 0 Å². The summed E-state index contributed by atoms with van der Waals surface area (Å²) in [5.74, 6) is -1.78. The molecule has 25 heavy (non-hydrogen) atoms. The van der Waals surface area contributed by atoms with Crippen molar-refractivity contribution in [2.75, 3.05) is 0 Å². The summed E-state index contributed by atoms with van der Waals surface area (Å²) in [5, 5.41) is 0. The van der Waals surface area contributed by atoms with Gasteiger partial charge in [-0.3, -0.25) is 9.59 Å². The van der Waals surface area contributed by atoms with E-state index in [1.807, 2.05) is 55.0 Å². The summed E-state index contributed by atoms with van der Waals surface area (Å²) in [5.41, 5.74) is 3.67. The Bertz CT molecular complexity index is 772. The lowest BCUT2D eigenvalue weighted by molar-refractivity contribution is -0.153. The van der Waals surface area contributed by atoms with E-state index in [0.717, 1.165) is 16.7 Å². The lowest BCUT2D eigenvalue weighted by Gasteiger charge is -2.14. The second kappa shape index (κ2) is 7.47. The van der Waals surface area contributed by atoms with Crippen LogP contribution in [0.1, 0.15) is 28.7 Å². The first-order chi connectivity index (χ1) is 12.1. The second-order valence-corrected chi connectivity index (χ2v) is 6.21. The average Bonchev–Trinajstić information content (AvgIpc) is 2.88. The maximum Gasteiger partial charge on any atom is 0.317 e. The smallest absolute Gasteiger partial charge is 0.317 e.